The number of carboxylic acids is 2. The zero-order valence-electron chi connectivity index (χ0n) is 21.8. The number of nitrogens with zero attached hydrogens (tertiary/aromatic N) is 3. The molecule has 0 aromatic rings. The first kappa shape index (κ1) is 32.9. The normalized spacial score (nSPS) is 16.8. The van der Waals surface area contributed by atoms with Crippen molar-refractivity contribution in [1.29, 1.82) is 0 Å². The fraction of sp³-hybridized carbons (Fsp3) is 0.682. The topological polar surface area (TPSA) is 308 Å². The highest BCUT2D eigenvalue weighted by atomic mass is 16.4. The second-order valence-corrected chi connectivity index (χ2v) is 9.09. The van der Waals surface area contributed by atoms with Crippen LogP contribution < -0.4 is 39.3 Å². The Kier molecular flexibility index (Phi) is 14.0. The zero-order chi connectivity index (χ0) is 29.5. The van der Waals surface area contributed by atoms with Crippen LogP contribution >= 0.6 is 0 Å². The molecule has 0 spiro atoms. The largest absolute Gasteiger partial charge is 0.481 e. The van der Waals surface area contributed by atoms with Crippen molar-refractivity contribution in [1.82, 2.24) is 15.5 Å². The second kappa shape index (κ2) is 16.6. The first-order valence-corrected chi connectivity index (χ1v) is 12.6. The molecule has 17 heteroatoms. The summed E-state index contributed by atoms with van der Waals surface area (Å²) in [7, 11) is 0. The van der Waals surface area contributed by atoms with E-state index in [0.717, 1.165) is 0 Å². The van der Waals surface area contributed by atoms with E-state index >= 15 is 0 Å². The number of hydrogen-bond acceptors (Lipinski definition) is 8. The number of nitrogens with one attached hydrogen (secondary N) is 2. The number of likely N-dealkylation sites (tertiary alicyclic amines) is 1. The van der Waals surface area contributed by atoms with Crippen molar-refractivity contribution in [2.75, 3.05) is 19.6 Å². The fourth-order valence-corrected chi connectivity index (χ4v) is 3.98. The van der Waals surface area contributed by atoms with Gasteiger partial charge in [0.2, 0.25) is 17.7 Å². The predicted molar refractivity (Wildman–Crippen MR) is 141 cm³/mol. The number of carboxylic acid groups (broad SMARTS) is 2. The van der Waals surface area contributed by atoms with Crippen LogP contribution in [0.25, 0.3) is 0 Å². The van der Waals surface area contributed by atoms with Crippen molar-refractivity contribution in [3.8, 4) is 0 Å². The van der Waals surface area contributed by atoms with Crippen LogP contribution in [0, 0.1) is 0 Å². The molecule has 1 heterocycles. The average Bonchev–Trinajstić information content (AvgIpc) is 3.35. The number of guanidine groups is 2. The number of aliphatic carboxylic acids is 2. The Morgan fingerprint density at radius 2 is 1.38 bits per heavy atom. The van der Waals surface area contributed by atoms with Crippen LogP contribution in [0.15, 0.2) is 9.98 Å². The van der Waals surface area contributed by atoms with Gasteiger partial charge in [-0.1, -0.05) is 0 Å². The molecule has 39 heavy (non-hydrogen) atoms. The zero-order valence-corrected chi connectivity index (χ0v) is 21.8. The van der Waals surface area contributed by atoms with E-state index in [4.69, 9.17) is 33.8 Å². The minimum absolute atomic E-state index is 0.0659. The van der Waals surface area contributed by atoms with Crippen LogP contribution in [0.3, 0.4) is 0 Å². The first-order valence-electron chi connectivity index (χ1n) is 12.6. The third kappa shape index (κ3) is 12.3. The third-order valence-corrected chi connectivity index (χ3v) is 5.97. The summed E-state index contributed by atoms with van der Waals surface area (Å²) in [6.45, 7) is 0.538. The first-order chi connectivity index (χ1) is 18.3. The molecule has 3 amide bonds. The van der Waals surface area contributed by atoms with Crippen LogP contribution in [-0.2, 0) is 24.0 Å². The molecule has 0 aromatic carbocycles. The summed E-state index contributed by atoms with van der Waals surface area (Å²) in [5.74, 6) is -4.62. The Balaban J connectivity index is 3.07. The minimum atomic E-state index is -1.19. The van der Waals surface area contributed by atoms with E-state index in [0.29, 0.717) is 12.8 Å². The lowest BCUT2D eigenvalue weighted by atomic mass is 10.1. The van der Waals surface area contributed by atoms with Gasteiger partial charge in [-0.3, -0.25) is 29.2 Å². The van der Waals surface area contributed by atoms with Crippen LogP contribution in [-0.4, -0.2) is 100 Å². The third-order valence-electron chi connectivity index (χ3n) is 5.97. The molecule has 0 aromatic heterocycles. The fourth-order valence-electron chi connectivity index (χ4n) is 3.98. The highest BCUT2D eigenvalue weighted by molar-refractivity contribution is 5.94. The number of amides is 3. The van der Waals surface area contributed by atoms with Gasteiger partial charge in [-0.25, -0.2) is 4.79 Å². The van der Waals surface area contributed by atoms with E-state index in [1.54, 1.807) is 0 Å². The van der Waals surface area contributed by atoms with Crippen molar-refractivity contribution in [3.63, 3.8) is 0 Å². The molecule has 1 rings (SSSR count). The second-order valence-electron chi connectivity index (χ2n) is 9.09. The van der Waals surface area contributed by atoms with Crippen LogP contribution in [0.2, 0.25) is 0 Å². The average molecular weight is 557 g/mol. The molecular formula is C22H40N10O7. The van der Waals surface area contributed by atoms with Crippen molar-refractivity contribution in [2.45, 2.75) is 75.5 Å². The molecule has 4 unspecified atom stereocenters. The Hall–Kier alpha value is -4.15. The van der Waals surface area contributed by atoms with E-state index in [2.05, 4.69) is 20.6 Å². The summed E-state index contributed by atoms with van der Waals surface area (Å²) in [5.41, 5.74) is 27.1. The summed E-state index contributed by atoms with van der Waals surface area (Å²) >= 11 is 0. The van der Waals surface area contributed by atoms with Crippen molar-refractivity contribution >= 4 is 41.6 Å². The standard InChI is InChI=1S/C22H40N10O7/c23-12(7-8-16(33)34)17(35)30-13(4-1-9-28-21(24)25)18(36)31-14(5-2-10-29-22(26)27)19(37)32-11-3-6-15(32)20(38)39/h12-15H,1-11,23H2,(H,30,35)(H,31,36)(H,33,34)(H,38,39)(H4,24,25,28)(H4,26,27,29). The van der Waals surface area contributed by atoms with Crippen molar-refractivity contribution < 1.29 is 34.2 Å². The molecule has 0 bridgehead atoms. The highest BCUT2D eigenvalue weighted by Gasteiger charge is 2.38. The number of carbonyl (C=O) groups is 5. The van der Waals surface area contributed by atoms with E-state index < -0.39 is 53.8 Å². The number of aliphatic imine (C=N–C) groups is 2. The summed E-state index contributed by atoms with van der Waals surface area (Å²) in [6.07, 6.45) is 1.01. The van der Waals surface area contributed by atoms with Gasteiger partial charge < -0.3 is 54.4 Å². The molecular weight excluding hydrogens is 516 g/mol. The van der Waals surface area contributed by atoms with E-state index in [-0.39, 0.29) is 70.1 Å². The molecule has 0 radical (unpaired) electrons. The SMILES string of the molecule is NC(N)=NCCCC(NC(=O)C(N)CCC(=O)O)C(=O)NC(CCCN=C(N)N)C(=O)N1CCCC1C(=O)O. The maximum absolute atomic E-state index is 13.3. The molecule has 0 aliphatic carbocycles. The van der Waals surface area contributed by atoms with Gasteiger partial charge in [-0.15, -0.1) is 0 Å². The Bertz CT molecular complexity index is 934. The summed E-state index contributed by atoms with van der Waals surface area (Å²) in [5, 5.41) is 23.4. The monoisotopic (exact) mass is 556 g/mol. The van der Waals surface area contributed by atoms with Crippen LogP contribution in [0.4, 0.5) is 0 Å². The molecule has 14 N–H and O–H groups in total. The minimum Gasteiger partial charge on any atom is -0.481 e. The maximum atomic E-state index is 13.3. The Morgan fingerprint density at radius 1 is 0.846 bits per heavy atom. The molecule has 220 valence electrons. The molecule has 17 nitrogen and oxygen atoms in total. The predicted octanol–water partition coefficient (Wildman–Crippen LogP) is -3.67. The van der Waals surface area contributed by atoms with E-state index in [1.807, 2.05) is 0 Å². The molecule has 1 saturated heterocycles. The maximum Gasteiger partial charge on any atom is 0.326 e. The van der Waals surface area contributed by atoms with Gasteiger partial charge in [0.1, 0.15) is 18.1 Å². The Labute approximate surface area is 225 Å². The number of rotatable bonds is 17. The van der Waals surface area contributed by atoms with Gasteiger partial charge >= 0.3 is 11.9 Å². The van der Waals surface area contributed by atoms with Gasteiger partial charge in [0.05, 0.1) is 6.04 Å². The molecule has 1 aliphatic rings. The lowest BCUT2D eigenvalue weighted by Gasteiger charge is -2.29. The molecule has 0 saturated carbocycles. The smallest absolute Gasteiger partial charge is 0.326 e. The summed E-state index contributed by atoms with van der Waals surface area (Å²) in [6, 6.07) is -4.49. The van der Waals surface area contributed by atoms with Gasteiger partial charge in [0.15, 0.2) is 11.9 Å². The summed E-state index contributed by atoms with van der Waals surface area (Å²) < 4.78 is 0. The van der Waals surface area contributed by atoms with Crippen molar-refractivity contribution in [2.24, 2.45) is 38.7 Å². The van der Waals surface area contributed by atoms with Gasteiger partial charge in [-0.05, 0) is 44.9 Å². The molecule has 4 atom stereocenters. The van der Waals surface area contributed by atoms with Gasteiger partial charge in [0, 0.05) is 26.1 Å². The van der Waals surface area contributed by atoms with E-state index in [1.165, 1.54) is 4.90 Å². The highest BCUT2D eigenvalue weighted by Crippen LogP contribution is 2.20. The lowest BCUT2D eigenvalue weighted by Crippen LogP contribution is -2.57. The number of nitrogens with two attached hydrogens (primary N) is 5. The molecule has 1 fully saturated rings. The van der Waals surface area contributed by atoms with Crippen LogP contribution in [0.5, 0.6) is 0 Å². The lowest BCUT2D eigenvalue weighted by molar-refractivity contribution is -0.149. The van der Waals surface area contributed by atoms with Crippen molar-refractivity contribution in [3.05, 3.63) is 0 Å². The van der Waals surface area contributed by atoms with E-state index in [9.17, 15) is 29.1 Å². The summed E-state index contributed by atoms with van der Waals surface area (Å²) in [4.78, 5) is 70.5. The van der Waals surface area contributed by atoms with Gasteiger partial charge in [0.25, 0.3) is 0 Å². The number of hydrogen-bond donors (Lipinski definition) is 9. The van der Waals surface area contributed by atoms with Gasteiger partial charge in [-0.2, -0.15) is 0 Å². The Morgan fingerprint density at radius 3 is 1.90 bits per heavy atom. The molecule has 1 aliphatic heterocycles. The van der Waals surface area contributed by atoms with Crippen LogP contribution in [0.1, 0.15) is 51.4 Å². The quantitative estimate of drug-likeness (QED) is 0.0475. The number of carbonyl (C=O) groups excluding carboxylic acids is 3.